The quantitative estimate of drug-likeness (QED) is 0.0734. The number of nitrogens with one attached hydrogen (secondary N) is 3. The van der Waals surface area contributed by atoms with E-state index in [0.717, 1.165) is 60.2 Å². The van der Waals surface area contributed by atoms with Crippen LogP contribution in [0.1, 0.15) is 62.5 Å². The zero-order valence-electron chi connectivity index (χ0n) is 37.3. The van der Waals surface area contributed by atoms with Crippen LogP contribution in [-0.2, 0) is 37.7 Å². The van der Waals surface area contributed by atoms with Crippen LogP contribution in [0.4, 0.5) is 36.6 Å². The van der Waals surface area contributed by atoms with Crippen molar-refractivity contribution in [2.24, 2.45) is 10.8 Å². The molecular formula is C45H43Cl2F6N7O7S4. The Morgan fingerprint density at radius 2 is 1.04 bits per heavy atom. The molecule has 4 aromatic carbocycles. The number of ether oxygens (including phenoxy) is 2. The first kappa shape index (κ1) is 53.7. The fraction of sp³-hybridized carbons (Fsp3) is 0.356. The standard InChI is InChI=1S/C23H24ClF3N4O3S2.C22H19ClF3N3O4S2/c1-28-15-4-6-23(7-5-15,11-14-2-3-16(24)17(25)8-14)12-34-20-9-19(27)21(10-18(20)26)36(32,33)31-22-29-13-30-35-22;23-15-2-1-13(7-16(15)24)10-22(5-3-14(30)4-6-22)11-33-19-8-18(26)20(9-17(19)25)35(31,32)29-21-27-12-28-34-21/h2-3,8-10,13,15,28H,4-7,11-12H2,1H3,(H,29,30,31);1-2,7-9,12H,3-6,10-11H2,(H,27,28,29). The molecule has 0 unspecified atom stereocenters. The van der Waals surface area contributed by atoms with E-state index in [2.05, 4.69) is 28.8 Å². The summed E-state index contributed by atoms with van der Waals surface area (Å²) in [6, 6.07) is 11.8. The third kappa shape index (κ3) is 13.7. The normalized spacial score (nSPS) is 18.0. The van der Waals surface area contributed by atoms with Crippen molar-refractivity contribution in [1.29, 1.82) is 0 Å². The van der Waals surface area contributed by atoms with E-state index in [0.29, 0.717) is 68.3 Å². The van der Waals surface area contributed by atoms with Crippen LogP contribution in [0, 0.1) is 45.7 Å². The molecule has 0 saturated heterocycles. The van der Waals surface area contributed by atoms with Crippen LogP contribution >= 0.6 is 46.3 Å². The second-order valence-corrected chi connectivity index (χ2v) is 22.8. The predicted molar refractivity (Wildman–Crippen MR) is 255 cm³/mol. The minimum absolute atomic E-state index is 0.0222. The molecule has 26 heteroatoms. The second kappa shape index (κ2) is 22.8. The van der Waals surface area contributed by atoms with Crippen molar-refractivity contribution in [3.63, 3.8) is 0 Å². The van der Waals surface area contributed by atoms with E-state index in [1.165, 1.54) is 24.3 Å². The van der Waals surface area contributed by atoms with E-state index in [4.69, 9.17) is 32.7 Å². The number of nitrogens with zero attached hydrogens (tertiary/aromatic N) is 4. The molecule has 0 amide bonds. The predicted octanol–water partition coefficient (Wildman–Crippen LogP) is 10.3. The van der Waals surface area contributed by atoms with Gasteiger partial charge < -0.3 is 14.8 Å². The van der Waals surface area contributed by atoms with Gasteiger partial charge in [-0.2, -0.15) is 8.75 Å². The number of ketones is 1. The average molecular weight is 1110 g/mol. The molecule has 6 aromatic rings. The van der Waals surface area contributed by atoms with Crippen molar-refractivity contribution in [1.82, 2.24) is 24.0 Å². The zero-order chi connectivity index (χ0) is 51.1. The van der Waals surface area contributed by atoms with Crippen LogP contribution in [0.25, 0.3) is 0 Å². The maximum Gasteiger partial charge on any atom is 0.266 e. The van der Waals surface area contributed by atoms with Crippen molar-refractivity contribution in [3.05, 3.63) is 129 Å². The van der Waals surface area contributed by atoms with Crippen LogP contribution in [0.5, 0.6) is 11.5 Å². The Hall–Kier alpha value is -5.11. The monoisotopic (exact) mass is 1110 g/mol. The van der Waals surface area contributed by atoms with Gasteiger partial charge in [-0.15, -0.1) is 0 Å². The summed E-state index contributed by atoms with van der Waals surface area (Å²) in [5.74, 6) is -6.40. The molecule has 380 valence electrons. The molecule has 3 N–H and O–H groups in total. The minimum Gasteiger partial charge on any atom is -0.490 e. The maximum atomic E-state index is 14.9. The summed E-state index contributed by atoms with van der Waals surface area (Å²) in [4.78, 5) is 17.4. The van der Waals surface area contributed by atoms with Gasteiger partial charge in [0.05, 0.1) is 23.3 Å². The van der Waals surface area contributed by atoms with Crippen LogP contribution in [0.3, 0.4) is 0 Å². The summed E-state index contributed by atoms with van der Waals surface area (Å²) in [6.07, 6.45) is 7.53. The lowest BCUT2D eigenvalue weighted by molar-refractivity contribution is -0.122. The number of hydrogen-bond donors (Lipinski definition) is 3. The number of carbonyl (C=O) groups excluding carboxylic acids is 1. The third-order valence-electron chi connectivity index (χ3n) is 12.2. The lowest BCUT2D eigenvalue weighted by Gasteiger charge is -2.40. The van der Waals surface area contributed by atoms with Crippen molar-refractivity contribution in [2.75, 3.05) is 29.7 Å². The number of rotatable bonds is 17. The molecule has 0 spiro atoms. The molecule has 0 aliphatic heterocycles. The molecule has 71 heavy (non-hydrogen) atoms. The fourth-order valence-corrected chi connectivity index (χ4v) is 12.1. The fourth-order valence-electron chi connectivity index (χ4n) is 8.38. The number of anilines is 2. The highest BCUT2D eigenvalue weighted by atomic mass is 35.5. The average Bonchev–Trinajstić information content (AvgIpc) is 4.05. The van der Waals surface area contributed by atoms with Crippen molar-refractivity contribution in [3.8, 4) is 11.5 Å². The number of hydrogen-bond acceptors (Lipinski definition) is 14. The minimum atomic E-state index is -4.45. The van der Waals surface area contributed by atoms with E-state index in [1.54, 1.807) is 12.1 Å². The van der Waals surface area contributed by atoms with Gasteiger partial charge in [0.25, 0.3) is 20.0 Å². The van der Waals surface area contributed by atoms with E-state index in [1.807, 2.05) is 11.8 Å². The number of carbonyl (C=O) groups is 1. The van der Waals surface area contributed by atoms with Gasteiger partial charge in [-0.05, 0) is 93.8 Å². The van der Waals surface area contributed by atoms with Crippen molar-refractivity contribution in [2.45, 2.75) is 80.0 Å². The molecule has 2 heterocycles. The Bertz CT molecular complexity index is 3070. The molecule has 0 atom stereocenters. The first-order valence-corrected chi connectivity index (χ1v) is 26.8. The van der Waals surface area contributed by atoms with Gasteiger partial charge in [-0.25, -0.2) is 53.1 Å². The lowest BCUT2D eigenvalue weighted by atomic mass is 9.69. The molecule has 14 nitrogen and oxygen atoms in total. The molecule has 2 aromatic heterocycles. The molecular weight excluding hydrogens is 1060 g/mol. The van der Waals surface area contributed by atoms with E-state index >= 15 is 0 Å². The van der Waals surface area contributed by atoms with E-state index in [9.17, 15) is 48.0 Å². The summed E-state index contributed by atoms with van der Waals surface area (Å²) in [7, 11) is -6.99. The molecule has 0 bridgehead atoms. The first-order valence-electron chi connectivity index (χ1n) is 21.6. The Morgan fingerprint density at radius 1 is 0.620 bits per heavy atom. The first-order chi connectivity index (χ1) is 33.7. The molecule has 0 radical (unpaired) electrons. The summed E-state index contributed by atoms with van der Waals surface area (Å²) in [6.45, 7) is -0.0464. The molecule has 8 rings (SSSR count). The number of aromatic nitrogens is 4. The molecule has 2 aliphatic carbocycles. The molecule has 2 fully saturated rings. The summed E-state index contributed by atoms with van der Waals surface area (Å²) in [5, 5.41) is 3.08. The second-order valence-electron chi connectivity index (χ2n) is 17.2. The van der Waals surface area contributed by atoms with Gasteiger partial charge in [0.1, 0.15) is 51.5 Å². The Kier molecular flexibility index (Phi) is 17.2. The molecule has 2 aliphatic rings. The van der Waals surface area contributed by atoms with Gasteiger partial charge in [0.2, 0.25) is 10.3 Å². The summed E-state index contributed by atoms with van der Waals surface area (Å²) < 4.78 is 160. The number of benzene rings is 4. The van der Waals surface area contributed by atoms with Gasteiger partial charge in [0, 0.05) is 77.0 Å². The van der Waals surface area contributed by atoms with Gasteiger partial charge in [-0.3, -0.25) is 14.2 Å². The highest BCUT2D eigenvalue weighted by Gasteiger charge is 2.38. The maximum absolute atomic E-state index is 14.9. The van der Waals surface area contributed by atoms with Gasteiger partial charge in [0.15, 0.2) is 23.1 Å². The Balaban J connectivity index is 0.000000209. The Labute approximate surface area is 423 Å². The highest BCUT2D eigenvalue weighted by molar-refractivity contribution is 7.93. The van der Waals surface area contributed by atoms with E-state index < -0.39 is 87.1 Å². The smallest absolute Gasteiger partial charge is 0.266 e. The highest BCUT2D eigenvalue weighted by Crippen LogP contribution is 2.42. The largest absolute Gasteiger partial charge is 0.490 e. The van der Waals surface area contributed by atoms with Crippen molar-refractivity contribution < 1.29 is 57.4 Å². The molecule has 2 saturated carbocycles. The number of halogens is 8. The van der Waals surface area contributed by atoms with Gasteiger partial charge >= 0.3 is 0 Å². The van der Waals surface area contributed by atoms with Crippen LogP contribution in [0.2, 0.25) is 10.0 Å². The lowest BCUT2D eigenvalue weighted by Crippen LogP contribution is -2.40. The zero-order valence-corrected chi connectivity index (χ0v) is 42.1. The van der Waals surface area contributed by atoms with Gasteiger partial charge in [-0.1, -0.05) is 35.3 Å². The topological polar surface area (TPSA) is 191 Å². The third-order valence-corrected chi connectivity index (χ3v) is 17.0. The number of Topliss-reactive ketones (excluding diaryl/α,β-unsaturated/α-hetero) is 1. The SMILES string of the molecule is CNC1CCC(COc2cc(F)c(S(=O)(=O)Nc3ncns3)cc2F)(Cc2ccc(Cl)c(F)c2)CC1.O=C1CCC(COc2cc(F)c(S(=O)(=O)Nc3ncns3)cc2F)(Cc2ccc(Cl)c(F)c2)CC1. The number of sulfonamides is 2. The van der Waals surface area contributed by atoms with E-state index in [-0.39, 0.29) is 52.1 Å². The van der Waals surface area contributed by atoms with Crippen LogP contribution in [0.15, 0.2) is 83.1 Å². The Morgan fingerprint density at radius 3 is 1.42 bits per heavy atom. The summed E-state index contributed by atoms with van der Waals surface area (Å²) >= 11 is 13.1. The van der Waals surface area contributed by atoms with Crippen LogP contribution in [-0.4, -0.2) is 67.6 Å². The summed E-state index contributed by atoms with van der Waals surface area (Å²) in [5.41, 5.74) is 0.252. The van der Waals surface area contributed by atoms with Crippen molar-refractivity contribution >= 4 is 82.4 Å². The van der Waals surface area contributed by atoms with Crippen LogP contribution < -0.4 is 24.2 Å².